The van der Waals surface area contributed by atoms with Crippen molar-refractivity contribution in [2.75, 3.05) is 0 Å². The third kappa shape index (κ3) is 5.39. The predicted molar refractivity (Wildman–Crippen MR) is 170 cm³/mol. The Kier molecular flexibility index (Phi) is 7.71. The van der Waals surface area contributed by atoms with Crippen molar-refractivity contribution in [3.05, 3.63) is 108 Å². The van der Waals surface area contributed by atoms with Gasteiger partial charge in [0.1, 0.15) is 5.76 Å². The van der Waals surface area contributed by atoms with E-state index in [2.05, 4.69) is 95.6 Å². The van der Waals surface area contributed by atoms with Gasteiger partial charge in [0.05, 0.1) is 31.8 Å². The summed E-state index contributed by atoms with van der Waals surface area (Å²) in [4.78, 5) is 0. The Balaban J connectivity index is 2.21. The minimum Gasteiger partial charge on any atom is -0.507 e. The number of hydrogen-bond acceptors (Lipinski definition) is 1. The molecule has 0 spiro atoms. The molecule has 6 heteroatoms. The molecule has 3 aromatic rings. The highest BCUT2D eigenvalue weighted by atomic mass is 35.5. The van der Waals surface area contributed by atoms with Gasteiger partial charge in [-0.2, -0.15) is 0 Å². The van der Waals surface area contributed by atoms with Gasteiger partial charge in [0, 0.05) is 10.6 Å². The van der Waals surface area contributed by atoms with Gasteiger partial charge in [-0.05, 0) is 59.0 Å². The summed E-state index contributed by atoms with van der Waals surface area (Å²) < 4.78 is 0. The molecular formula is C31H35Cl3OSi2. The van der Waals surface area contributed by atoms with E-state index in [9.17, 15) is 5.11 Å². The Bertz CT molecular complexity index is 1420. The molecule has 1 unspecified atom stereocenters. The van der Waals surface area contributed by atoms with Crippen LogP contribution in [0.2, 0.25) is 54.3 Å². The van der Waals surface area contributed by atoms with E-state index in [-0.39, 0.29) is 11.3 Å². The average molecular weight is 586 g/mol. The minimum atomic E-state index is -2.18. The van der Waals surface area contributed by atoms with Gasteiger partial charge in [0.25, 0.3) is 0 Å². The number of aliphatic hydroxyl groups is 1. The highest BCUT2D eigenvalue weighted by Crippen LogP contribution is 2.56. The van der Waals surface area contributed by atoms with E-state index < -0.39 is 16.1 Å². The second-order valence-electron chi connectivity index (χ2n) is 12.3. The first-order valence-electron chi connectivity index (χ1n) is 12.6. The lowest BCUT2D eigenvalue weighted by Crippen LogP contribution is -2.31. The van der Waals surface area contributed by atoms with E-state index in [0.29, 0.717) is 20.6 Å². The van der Waals surface area contributed by atoms with Gasteiger partial charge < -0.3 is 5.11 Å². The first-order chi connectivity index (χ1) is 17.1. The third-order valence-electron chi connectivity index (χ3n) is 7.05. The maximum Gasteiger partial charge on any atom is 0.125 e. The van der Waals surface area contributed by atoms with Crippen LogP contribution in [0.5, 0.6) is 0 Å². The van der Waals surface area contributed by atoms with Gasteiger partial charge in [-0.15, -0.1) is 0 Å². The quantitative estimate of drug-likeness (QED) is 0.233. The molecule has 0 bridgehead atoms. The van der Waals surface area contributed by atoms with Gasteiger partial charge in [-0.3, -0.25) is 0 Å². The normalized spacial score (nSPS) is 16.7. The Morgan fingerprint density at radius 2 is 1.30 bits per heavy atom. The molecule has 0 amide bonds. The molecule has 0 aromatic heterocycles. The lowest BCUT2D eigenvalue weighted by Gasteiger charge is -2.31. The summed E-state index contributed by atoms with van der Waals surface area (Å²) in [7, 11) is -3.94. The van der Waals surface area contributed by atoms with Crippen molar-refractivity contribution in [1.29, 1.82) is 0 Å². The lowest BCUT2D eigenvalue weighted by atomic mass is 9.97. The Hall–Kier alpha value is -1.76. The van der Waals surface area contributed by atoms with E-state index in [1.54, 1.807) is 12.1 Å². The van der Waals surface area contributed by atoms with E-state index in [4.69, 9.17) is 34.8 Å². The topological polar surface area (TPSA) is 20.2 Å². The van der Waals surface area contributed by atoms with Crippen molar-refractivity contribution in [2.45, 2.75) is 58.7 Å². The highest BCUT2D eigenvalue weighted by molar-refractivity contribution is 6.87. The van der Waals surface area contributed by atoms with Gasteiger partial charge in [0.2, 0.25) is 0 Å². The molecule has 4 rings (SSSR count). The number of halogens is 3. The number of hydrogen-bond donors (Lipinski definition) is 1. The Labute approximate surface area is 238 Å². The summed E-state index contributed by atoms with van der Waals surface area (Å²) in [6.45, 7) is 18.4. The van der Waals surface area contributed by atoms with Gasteiger partial charge >= 0.3 is 0 Å². The predicted octanol–water partition coefficient (Wildman–Crippen LogP) is 11.0. The second-order valence-corrected chi connectivity index (χ2v) is 23.8. The molecule has 1 aliphatic carbocycles. The summed E-state index contributed by atoms with van der Waals surface area (Å²) in [6.07, 6.45) is 0. The van der Waals surface area contributed by atoms with Crippen LogP contribution in [0.1, 0.15) is 38.9 Å². The number of rotatable bonds is 5. The number of allylic oxidation sites excluding steroid dienone is 3. The molecule has 37 heavy (non-hydrogen) atoms. The van der Waals surface area contributed by atoms with E-state index in [0.717, 1.165) is 10.8 Å². The molecule has 194 valence electrons. The van der Waals surface area contributed by atoms with Crippen molar-refractivity contribution in [2.24, 2.45) is 0 Å². The zero-order valence-electron chi connectivity index (χ0n) is 22.9. The van der Waals surface area contributed by atoms with Crippen LogP contribution in [-0.2, 0) is 0 Å². The zero-order chi connectivity index (χ0) is 27.4. The third-order valence-corrected chi connectivity index (χ3v) is 12.2. The maximum absolute atomic E-state index is 12.1. The molecule has 0 saturated heterocycles. The average Bonchev–Trinajstić information content (AvgIpc) is 3.06. The molecule has 0 heterocycles. The van der Waals surface area contributed by atoms with E-state index in [1.165, 1.54) is 33.4 Å². The summed E-state index contributed by atoms with van der Waals surface area (Å²) in [5.74, 6) is 0.160. The van der Waals surface area contributed by atoms with Crippen LogP contribution < -0.4 is 0 Å². The second kappa shape index (κ2) is 10.1. The summed E-state index contributed by atoms with van der Waals surface area (Å²) >= 11 is 19.6. The van der Waals surface area contributed by atoms with Crippen LogP contribution in [0.15, 0.2) is 59.8 Å². The monoisotopic (exact) mass is 584 g/mol. The highest BCUT2D eigenvalue weighted by Gasteiger charge is 2.44. The number of aryl methyl sites for hydroxylation is 2. The molecule has 1 aliphatic rings. The van der Waals surface area contributed by atoms with Crippen molar-refractivity contribution in [3.8, 4) is 0 Å². The maximum atomic E-state index is 12.1. The molecule has 1 nitrogen and oxygen atoms in total. The summed E-state index contributed by atoms with van der Waals surface area (Å²) in [5, 5.41) is 14.2. The molecular weight excluding hydrogens is 551 g/mol. The molecule has 0 fully saturated rings. The van der Waals surface area contributed by atoms with Crippen LogP contribution in [0, 0.1) is 13.8 Å². The van der Waals surface area contributed by atoms with Crippen molar-refractivity contribution < 1.29 is 5.11 Å². The lowest BCUT2D eigenvalue weighted by molar-refractivity contribution is 0.510. The minimum absolute atomic E-state index is 0.160. The summed E-state index contributed by atoms with van der Waals surface area (Å²) in [6, 6.07) is 18.9. The molecule has 1 N–H and O–H groups in total. The van der Waals surface area contributed by atoms with Crippen molar-refractivity contribution >= 4 is 67.9 Å². The fourth-order valence-electron chi connectivity index (χ4n) is 5.55. The standard InChI is InChI=1S/C31H35Cl3OSi2/c1-18-9-12-20(13-10-18)26-27(22-14-11-19(2)15-23(22)30(26)36(3,4)5)31(37(6,7)8)29(35)28-24(33)16-21(32)17-25(28)34/h9-17,30,35H,1-8H3/b31-29+. The van der Waals surface area contributed by atoms with Crippen LogP contribution >= 0.6 is 34.8 Å². The molecule has 3 aromatic carbocycles. The zero-order valence-corrected chi connectivity index (χ0v) is 27.1. The smallest absolute Gasteiger partial charge is 0.125 e. The largest absolute Gasteiger partial charge is 0.507 e. The van der Waals surface area contributed by atoms with Crippen molar-refractivity contribution in [3.63, 3.8) is 0 Å². The Morgan fingerprint density at radius 3 is 1.81 bits per heavy atom. The first kappa shape index (κ1) is 28.3. The molecule has 0 radical (unpaired) electrons. The number of benzene rings is 3. The van der Waals surface area contributed by atoms with E-state index >= 15 is 0 Å². The SMILES string of the molecule is Cc1ccc(C2=C(/C(=C(\O)c3c(Cl)cc(Cl)cc3Cl)[Si](C)(C)C)c3ccc(C)cc3C2[Si](C)(C)C)cc1. The van der Waals surface area contributed by atoms with E-state index in [1.807, 2.05) is 0 Å². The Morgan fingerprint density at radius 1 is 0.757 bits per heavy atom. The molecule has 0 aliphatic heterocycles. The van der Waals surface area contributed by atoms with Gasteiger partial charge in [-0.25, -0.2) is 0 Å². The molecule has 1 atom stereocenters. The van der Waals surface area contributed by atoms with Crippen LogP contribution in [-0.4, -0.2) is 21.3 Å². The molecule has 0 saturated carbocycles. The van der Waals surface area contributed by atoms with Gasteiger partial charge in [0.15, 0.2) is 0 Å². The number of aliphatic hydroxyl groups excluding tert-OH is 1. The van der Waals surface area contributed by atoms with Crippen molar-refractivity contribution in [1.82, 2.24) is 0 Å². The first-order valence-corrected chi connectivity index (χ1v) is 20.8. The van der Waals surface area contributed by atoms with Crippen LogP contribution in [0.4, 0.5) is 0 Å². The van der Waals surface area contributed by atoms with Gasteiger partial charge in [-0.1, -0.05) is 128 Å². The number of fused-ring (bicyclic) bond motifs is 1. The summed E-state index contributed by atoms with van der Waals surface area (Å²) in [5.41, 5.74) is 9.44. The van der Waals surface area contributed by atoms with Crippen LogP contribution in [0.25, 0.3) is 16.9 Å². The fourth-order valence-corrected chi connectivity index (χ4v) is 10.7. The van der Waals surface area contributed by atoms with Crippen LogP contribution in [0.3, 0.4) is 0 Å². The fraction of sp³-hybridized carbons (Fsp3) is 0.290.